The maximum atomic E-state index is 14.7. The van der Waals surface area contributed by atoms with Crippen LogP contribution in [0, 0.1) is 5.82 Å². The minimum Gasteiger partial charge on any atom is -0.493 e. The molecule has 0 spiro atoms. The molecule has 7 heteroatoms. The minimum absolute atomic E-state index is 0.0485. The predicted molar refractivity (Wildman–Crippen MR) is 110 cm³/mol. The molecule has 0 radical (unpaired) electrons. The van der Waals surface area contributed by atoms with Gasteiger partial charge in [-0.05, 0) is 30.7 Å². The average Bonchev–Trinajstić information content (AvgIpc) is 2.73. The molecule has 0 N–H and O–H groups in total. The van der Waals surface area contributed by atoms with Gasteiger partial charge in [-0.15, -0.1) is 0 Å². The highest BCUT2D eigenvalue weighted by Crippen LogP contribution is 2.37. The van der Waals surface area contributed by atoms with Gasteiger partial charge in [0.1, 0.15) is 5.75 Å². The van der Waals surface area contributed by atoms with E-state index in [9.17, 15) is 9.18 Å². The molecule has 0 aliphatic rings. The zero-order valence-electron chi connectivity index (χ0n) is 16.9. The standard InChI is InChI=1S/C22H23FN2O4/c1-5-6-22(26)25(2)14-7-8-19(16(23)11-14)29-18-9-10-24-17-13-21(28-4)20(27-3)12-15(17)18/h7-13H,5-6H2,1-4H3. The molecule has 29 heavy (non-hydrogen) atoms. The molecular weight excluding hydrogens is 375 g/mol. The van der Waals surface area contributed by atoms with Crippen LogP contribution in [0.1, 0.15) is 19.8 Å². The van der Waals surface area contributed by atoms with Crippen molar-refractivity contribution in [3.8, 4) is 23.0 Å². The number of hydrogen-bond donors (Lipinski definition) is 0. The second kappa shape index (κ2) is 8.77. The molecule has 2 aromatic carbocycles. The molecule has 6 nitrogen and oxygen atoms in total. The van der Waals surface area contributed by atoms with E-state index >= 15 is 0 Å². The number of hydrogen-bond acceptors (Lipinski definition) is 5. The molecular formula is C22H23FN2O4. The number of halogens is 1. The fourth-order valence-electron chi connectivity index (χ4n) is 2.96. The van der Waals surface area contributed by atoms with E-state index in [4.69, 9.17) is 14.2 Å². The highest BCUT2D eigenvalue weighted by Gasteiger charge is 2.15. The van der Waals surface area contributed by atoms with Gasteiger partial charge in [-0.1, -0.05) is 6.92 Å². The molecule has 3 rings (SSSR count). The molecule has 3 aromatic rings. The van der Waals surface area contributed by atoms with Crippen molar-refractivity contribution in [1.82, 2.24) is 4.98 Å². The van der Waals surface area contributed by atoms with Crippen LogP contribution in [0.25, 0.3) is 10.9 Å². The Morgan fingerprint density at radius 1 is 1.03 bits per heavy atom. The summed E-state index contributed by atoms with van der Waals surface area (Å²) in [4.78, 5) is 17.8. The summed E-state index contributed by atoms with van der Waals surface area (Å²) in [5, 5.41) is 0.656. The van der Waals surface area contributed by atoms with Crippen LogP contribution in [-0.4, -0.2) is 32.2 Å². The Morgan fingerprint density at radius 3 is 2.41 bits per heavy atom. The van der Waals surface area contributed by atoms with Gasteiger partial charge in [-0.25, -0.2) is 4.39 Å². The van der Waals surface area contributed by atoms with Crippen molar-refractivity contribution in [2.75, 3.05) is 26.2 Å². The lowest BCUT2D eigenvalue weighted by Crippen LogP contribution is -2.25. The molecule has 0 atom stereocenters. The first-order valence-corrected chi connectivity index (χ1v) is 9.23. The first kappa shape index (κ1) is 20.4. The normalized spacial score (nSPS) is 10.7. The molecule has 1 amide bonds. The van der Waals surface area contributed by atoms with Crippen LogP contribution in [0.3, 0.4) is 0 Å². The van der Waals surface area contributed by atoms with E-state index in [1.807, 2.05) is 6.92 Å². The zero-order valence-corrected chi connectivity index (χ0v) is 16.9. The number of carbonyl (C=O) groups excluding carboxylic acids is 1. The summed E-state index contributed by atoms with van der Waals surface area (Å²) < 4.78 is 31.1. The van der Waals surface area contributed by atoms with Crippen LogP contribution >= 0.6 is 0 Å². The van der Waals surface area contributed by atoms with Crippen LogP contribution in [0.2, 0.25) is 0 Å². The number of aromatic nitrogens is 1. The average molecular weight is 398 g/mol. The lowest BCUT2D eigenvalue weighted by Gasteiger charge is -2.18. The first-order valence-electron chi connectivity index (χ1n) is 9.23. The second-order valence-corrected chi connectivity index (χ2v) is 6.45. The van der Waals surface area contributed by atoms with Gasteiger partial charge in [0.2, 0.25) is 5.91 Å². The number of pyridine rings is 1. The quantitative estimate of drug-likeness (QED) is 0.564. The van der Waals surface area contributed by atoms with E-state index in [1.165, 1.54) is 24.1 Å². The number of methoxy groups -OCH3 is 2. The van der Waals surface area contributed by atoms with Crippen molar-refractivity contribution in [3.05, 3.63) is 48.4 Å². The monoisotopic (exact) mass is 398 g/mol. The van der Waals surface area contributed by atoms with E-state index in [2.05, 4.69) is 4.98 Å². The number of benzene rings is 2. The smallest absolute Gasteiger partial charge is 0.226 e. The Bertz CT molecular complexity index is 1040. The van der Waals surface area contributed by atoms with Gasteiger partial charge in [0.15, 0.2) is 23.1 Å². The molecule has 0 fully saturated rings. The second-order valence-electron chi connectivity index (χ2n) is 6.45. The predicted octanol–water partition coefficient (Wildman–Crippen LogP) is 4.95. The molecule has 0 unspecified atom stereocenters. The summed E-state index contributed by atoms with van der Waals surface area (Å²) in [5.74, 6) is 0.904. The van der Waals surface area contributed by atoms with E-state index in [0.29, 0.717) is 40.3 Å². The van der Waals surface area contributed by atoms with Gasteiger partial charge >= 0.3 is 0 Å². The maximum absolute atomic E-state index is 14.7. The van der Waals surface area contributed by atoms with E-state index < -0.39 is 5.82 Å². The molecule has 0 saturated carbocycles. The van der Waals surface area contributed by atoms with Crippen LogP contribution in [-0.2, 0) is 4.79 Å². The van der Waals surface area contributed by atoms with Gasteiger partial charge < -0.3 is 19.1 Å². The Labute approximate surface area is 168 Å². The Kier molecular flexibility index (Phi) is 6.16. The van der Waals surface area contributed by atoms with Crippen molar-refractivity contribution < 1.29 is 23.4 Å². The Morgan fingerprint density at radius 2 is 1.76 bits per heavy atom. The zero-order chi connectivity index (χ0) is 21.0. The number of nitrogens with zero attached hydrogens (tertiary/aromatic N) is 2. The number of anilines is 1. The molecule has 0 aliphatic heterocycles. The van der Waals surface area contributed by atoms with Crippen molar-refractivity contribution >= 4 is 22.5 Å². The van der Waals surface area contributed by atoms with Gasteiger partial charge in [0.25, 0.3) is 0 Å². The highest BCUT2D eigenvalue weighted by atomic mass is 19.1. The summed E-state index contributed by atoms with van der Waals surface area (Å²) in [6, 6.07) is 9.56. The van der Waals surface area contributed by atoms with Gasteiger partial charge in [-0.3, -0.25) is 9.78 Å². The largest absolute Gasteiger partial charge is 0.493 e. The molecule has 0 aliphatic carbocycles. The first-order chi connectivity index (χ1) is 14.0. The lowest BCUT2D eigenvalue weighted by molar-refractivity contribution is -0.118. The number of carbonyl (C=O) groups is 1. The van der Waals surface area contributed by atoms with Crippen molar-refractivity contribution in [3.63, 3.8) is 0 Å². The van der Waals surface area contributed by atoms with Crippen molar-refractivity contribution in [2.24, 2.45) is 0 Å². The Hall–Kier alpha value is -3.35. The van der Waals surface area contributed by atoms with E-state index in [-0.39, 0.29) is 11.7 Å². The maximum Gasteiger partial charge on any atom is 0.226 e. The van der Waals surface area contributed by atoms with Gasteiger partial charge in [0, 0.05) is 42.9 Å². The van der Waals surface area contributed by atoms with Crippen molar-refractivity contribution in [1.29, 1.82) is 0 Å². The highest BCUT2D eigenvalue weighted by molar-refractivity contribution is 5.93. The van der Waals surface area contributed by atoms with Crippen LogP contribution < -0.4 is 19.1 Å². The van der Waals surface area contributed by atoms with E-state index in [0.717, 1.165) is 6.42 Å². The minimum atomic E-state index is -0.566. The van der Waals surface area contributed by atoms with Crippen molar-refractivity contribution in [2.45, 2.75) is 19.8 Å². The van der Waals surface area contributed by atoms with Crippen LogP contribution in [0.5, 0.6) is 23.0 Å². The molecule has 0 saturated heterocycles. The summed E-state index contributed by atoms with van der Waals surface area (Å²) >= 11 is 0. The number of amides is 1. The third-order valence-corrected chi connectivity index (χ3v) is 4.57. The fraction of sp³-hybridized carbons (Fsp3) is 0.273. The summed E-state index contributed by atoms with van der Waals surface area (Å²) in [6.45, 7) is 1.92. The third kappa shape index (κ3) is 4.23. The topological polar surface area (TPSA) is 60.9 Å². The van der Waals surface area contributed by atoms with Gasteiger partial charge in [-0.2, -0.15) is 0 Å². The van der Waals surface area contributed by atoms with E-state index in [1.54, 1.807) is 44.6 Å². The number of rotatable bonds is 7. The molecule has 1 heterocycles. The van der Waals surface area contributed by atoms with Crippen LogP contribution in [0.4, 0.5) is 10.1 Å². The van der Waals surface area contributed by atoms with Crippen LogP contribution in [0.15, 0.2) is 42.6 Å². The summed E-state index contributed by atoms with van der Waals surface area (Å²) in [5.41, 5.74) is 1.10. The lowest BCUT2D eigenvalue weighted by atomic mass is 10.1. The molecule has 152 valence electrons. The summed E-state index contributed by atoms with van der Waals surface area (Å²) in [7, 11) is 4.71. The van der Waals surface area contributed by atoms with Gasteiger partial charge in [0.05, 0.1) is 19.7 Å². The number of fused-ring (bicyclic) bond motifs is 1. The fourth-order valence-corrected chi connectivity index (χ4v) is 2.96. The SMILES string of the molecule is CCCC(=O)N(C)c1ccc(Oc2ccnc3cc(OC)c(OC)cc23)c(F)c1. The molecule has 0 bridgehead atoms. The number of ether oxygens (including phenoxy) is 3. The summed E-state index contributed by atoms with van der Waals surface area (Å²) in [6.07, 6.45) is 2.72. The molecule has 1 aromatic heterocycles. The third-order valence-electron chi connectivity index (χ3n) is 4.57. The Balaban J connectivity index is 1.94.